The second-order valence-corrected chi connectivity index (χ2v) is 12.2. The normalized spacial score (nSPS) is 14.4. The van der Waals surface area contributed by atoms with E-state index in [1.165, 1.54) is 18.2 Å². The van der Waals surface area contributed by atoms with Crippen molar-refractivity contribution in [3.05, 3.63) is 89.2 Å². The lowest BCUT2D eigenvalue weighted by Gasteiger charge is -2.26. The topological polar surface area (TPSA) is 89.4 Å². The maximum absolute atomic E-state index is 14.6. The molecule has 0 fully saturated rings. The van der Waals surface area contributed by atoms with Gasteiger partial charge in [-0.05, 0) is 73.7 Å². The summed E-state index contributed by atoms with van der Waals surface area (Å²) >= 11 is 1.58. The highest BCUT2D eigenvalue weighted by Gasteiger charge is 2.27. The van der Waals surface area contributed by atoms with Crippen LogP contribution in [-0.2, 0) is 24.3 Å². The zero-order valence-corrected chi connectivity index (χ0v) is 25.2. The molecule has 2 aliphatic heterocycles. The number of aromatic nitrogens is 3. The molecule has 5 heterocycles. The lowest BCUT2D eigenvalue weighted by molar-refractivity contribution is -0.127. The monoisotopic (exact) mass is 607 g/mol. The van der Waals surface area contributed by atoms with E-state index in [-0.39, 0.29) is 23.7 Å². The van der Waals surface area contributed by atoms with E-state index in [2.05, 4.69) is 18.0 Å². The van der Waals surface area contributed by atoms with Crippen LogP contribution in [0.15, 0.2) is 66.6 Å². The third-order valence-electron chi connectivity index (χ3n) is 8.01. The number of carbonyl (C=O) groups is 2. The first-order chi connectivity index (χ1) is 21.3. The molecule has 0 atom stereocenters. The molecule has 2 aliphatic rings. The van der Waals surface area contributed by atoms with E-state index >= 15 is 0 Å². The first kappa shape index (κ1) is 28.0. The number of pyridine rings is 1. The molecule has 2 aromatic carbocycles. The van der Waals surface area contributed by atoms with Crippen molar-refractivity contribution in [3.8, 4) is 39.5 Å². The summed E-state index contributed by atoms with van der Waals surface area (Å²) in [5.41, 5.74) is 7.04. The van der Waals surface area contributed by atoms with Crippen LogP contribution in [0.1, 0.15) is 35.5 Å². The van der Waals surface area contributed by atoms with Crippen LogP contribution in [-0.4, -0.2) is 50.7 Å². The van der Waals surface area contributed by atoms with Gasteiger partial charge in [-0.1, -0.05) is 12.6 Å². The molecule has 0 saturated heterocycles. The van der Waals surface area contributed by atoms with Crippen molar-refractivity contribution in [2.75, 3.05) is 13.1 Å². The number of hydrogen-bond donors (Lipinski definition) is 1. The van der Waals surface area contributed by atoms with Crippen molar-refractivity contribution in [2.24, 2.45) is 0 Å². The number of fused-ring (bicyclic) bond motifs is 3. The van der Waals surface area contributed by atoms with Crippen molar-refractivity contribution >= 4 is 33.2 Å². The molecule has 0 radical (unpaired) electrons. The number of amides is 2. The Morgan fingerprint density at radius 2 is 1.95 bits per heavy atom. The lowest BCUT2D eigenvalue weighted by Crippen LogP contribution is -2.37. The first-order valence-electron chi connectivity index (χ1n) is 14.6. The number of nitrogens with one attached hydrogen (secondary N) is 1. The van der Waals surface area contributed by atoms with E-state index < -0.39 is 0 Å². The van der Waals surface area contributed by atoms with Gasteiger partial charge in [0.05, 0.1) is 30.6 Å². The Labute approximate surface area is 257 Å². The van der Waals surface area contributed by atoms with Crippen molar-refractivity contribution in [3.63, 3.8) is 0 Å². The highest BCUT2D eigenvalue weighted by molar-refractivity contribution is 7.18. The molecule has 3 aromatic heterocycles. The van der Waals surface area contributed by atoms with Gasteiger partial charge < -0.3 is 15.0 Å². The minimum Gasteiger partial charge on any atom is -0.490 e. The smallest absolute Gasteiger partial charge is 0.251 e. The predicted octanol–water partition coefficient (Wildman–Crippen LogP) is 6.23. The van der Waals surface area contributed by atoms with Gasteiger partial charge in [0.2, 0.25) is 5.91 Å². The number of benzene rings is 2. The van der Waals surface area contributed by atoms with Gasteiger partial charge in [-0.3, -0.25) is 14.3 Å². The molecular weight excluding hydrogens is 577 g/mol. The molecule has 0 saturated carbocycles. The number of hydrogen-bond acceptors (Lipinski definition) is 6. The van der Waals surface area contributed by atoms with Gasteiger partial charge in [0, 0.05) is 51.5 Å². The first-order valence-corrected chi connectivity index (χ1v) is 15.5. The number of carbonyl (C=O) groups excluding carboxylic acids is 2. The standard InChI is InChI=1S/C34H30FN5O3S/c1-4-29(41)39-12-13-40-23(18-39)17-27(38-40)32-30(25-8-6-22(35)16-28(25)43-19(2)3)33-26(10-14-44-33)31(37-32)21-5-7-24-20(15-21)9-11-36-34(24)42/h4-8,10,14-17,19H,1,9,11-13,18H2,2-3H3,(H,36,42). The van der Waals surface area contributed by atoms with Crippen molar-refractivity contribution in [2.45, 2.75) is 39.5 Å². The quantitative estimate of drug-likeness (QED) is 0.231. The van der Waals surface area contributed by atoms with Gasteiger partial charge in [0.1, 0.15) is 23.0 Å². The fraction of sp³-hybridized carbons (Fsp3) is 0.235. The fourth-order valence-corrected chi connectivity index (χ4v) is 6.97. The third-order valence-corrected chi connectivity index (χ3v) is 8.95. The van der Waals surface area contributed by atoms with E-state index in [0.717, 1.165) is 50.1 Å². The average molecular weight is 608 g/mol. The molecule has 222 valence electrons. The van der Waals surface area contributed by atoms with E-state index in [1.807, 2.05) is 48.2 Å². The van der Waals surface area contributed by atoms with Gasteiger partial charge in [-0.25, -0.2) is 9.37 Å². The van der Waals surface area contributed by atoms with Crippen molar-refractivity contribution in [1.29, 1.82) is 0 Å². The average Bonchev–Trinajstić information content (AvgIpc) is 3.67. The maximum atomic E-state index is 14.6. The third kappa shape index (κ3) is 4.85. The highest BCUT2D eigenvalue weighted by atomic mass is 32.1. The second kappa shape index (κ2) is 11.0. The Balaban J connectivity index is 1.47. The highest BCUT2D eigenvalue weighted by Crippen LogP contribution is 2.46. The van der Waals surface area contributed by atoms with E-state index in [9.17, 15) is 14.0 Å². The Kier molecular flexibility index (Phi) is 7.01. The largest absolute Gasteiger partial charge is 0.490 e. The summed E-state index contributed by atoms with van der Waals surface area (Å²) in [6, 6.07) is 14.5. The van der Waals surface area contributed by atoms with Crippen LogP contribution in [0.2, 0.25) is 0 Å². The summed E-state index contributed by atoms with van der Waals surface area (Å²) < 4.78 is 23.6. The molecule has 10 heteroatoms. The summed E-state index contributed by atoms with van der Waals surface area (Å²) in [4.78, 5) is 31.9. The molecule has 7 rings (SSSR count). The molecule has 2 amide bonds. The number of rotatable bonds is 6. The molecule has 8 nitrogen and oxygen atoms in total. The van der Waals surface area contributed by atoms with Crippen LogP contribution in [0.5, 0.6) is 5.75 Å². The molecule has 0 bridgehead atoms. The van der Waals surface area contributed by atoms with Gasteiger partial charge >= 0.3 is 0 Å². The fourth-order valence-electron chi connectivity index (χ4n) is 6.01. The van der Waals surface area contributed by atoms with Crippen LogP contribution in [0.25, 0.3) is 43.9 Å². The lowest BCUT2D eigenvalue weighted by atomic mass is 9.94. The summed E-state index contributed by atoms with van der Waals surface area (Å²) in [5, 5.41) is 10.8. The maximum Gasteiger partial charge on any atom is 0.251 e. The number of thiophene rings is 1. The molecule has 44 heavy (non-hydrogen) atoms. The van der Waals surface area contributed by atoms with Crippen LogP contribution in [0.4, 0.5) is 4.39 Å². The number of ether oxygens (including phenoxy) is 1. The van der Waals surface area contributed by atoms with Crippen LogP contribution in [0.3, 0.4) is 0 Å². The van der Waals surface area contributed by atoms with Crippen molar-refractivity contribution in [1.82, 2.24) is 25.0 Å². The second-order valence-electron chi connectivity index (χ2n) is 11.2. The Morgan fingerprint density at radius 3 is 2.77 bits per heavy atom. The Bertz CT molecular complexity index is 1980. The minimum atomic E-state index is -0.388. The molecule has 0 unspecified atom stereocenters. The molecule has 1 N–H and O–H groups in total. The zero-order chi connectivity index (χ0) is 30.5. The summed E-state index contributed by atoms with van der Waals surface area (Å²) in [6.07, 6.45) is 1.90. The number of nitrogens with zero attached hydrogens (tertiary/aromatic N) is 4. The molecular formula is C34H30FN5O3S. The summed E-state index contributed by atoms with van der Waals surface area (Å²) in [5.74, 6) is -0.149. The molecule has 0 spiro atoms. The Morgan fingerprint density at radius 1 is 1.11 bits per heavy atom. The molecule has 5 aromatic rings. The Hall–Kier alpha value is -4.83. The van der Waals surface area contributed by atoms with Gasteiger partial charge in [-0.2, -0.15) is 5.10 Å². The van der Waals surface area contributed by atoms with Crippen LogP contribution in [0, 0.1) is 5.82 Å². The van der Waals surface area contributed by atoms with Gasteiger partial charge in [0.25, 0.3) is 5.91 Å². The van der Waals surface area contributed by atoms with Gasteiger partial charge in [0.15, 0.2) is 0 Å². The van der Waals surface area contributed by atoms with Crippen LogP contribution >= 0.6 is 11.3 Å². The minimum absolute atomic E-state index is 0.0657. The van der Waals surface area contributed by atoms with E-state index in [0.29, 0.717) is 48.9 Å². The molecule has 0 aliphatic carbocycles. The summed E-state index contributed by atoms with van der Waals surface area (Å²) in [7, 11) is 0. The predicted molar refractivity (Wildman–Crippen MR) is 169 cm³/mol. The van der Waals surface area contributed by atoms with Crippen LogP contribution < -0.4 is 10.1 Å². The zero-order valence-electron chi connectivity index (χ0n) is 24.4. The summed E-state index contributed by atoms with van der Waals surface area (Å²) in [6.45, 7) is 9.53. The van der Waals surface area contributed by atoms with E-state index in [1.54, 1.807) is 22.3 Å². The SMILES string of the molecule is C=CC(=O)N1CCn2nc(-c3nc(-c4ccc5c(c4)CCNC5=O)c4ccsc4c3-c3ccc(F)cc3OC(C)C)cc2C1. The van der Waals surface area contributed by atoms with Crippen molar-refractivity contribution < 1.29 is 18.7 Å². The number of halogens is 1. The van der Waals surface area contributed by atoms with E-state index in [4.69, 9.17) is 14.8 Å². The van der Waals surface area contributed by atoms with Gasteiger partial charge in [-0.15, -0.1) is 11.3 Å².